The van der Waals surface area contributed by atoms with Gasteiger partial charge in [0.25, 0.3) is 0 Å². The molecule has 1 aromatic rings. The number of benzene rings is 1. The fraction of sp³-hybridized carbons (Fsp3) is 0.333. The molecule has 5 nitrogen and oxygen atoms in total. The first-order chi connectivity index (χ1) is 7.90. The average Bonchev–Trinajstić information content (AvgIpc) is 2.19. The smallest absolute Gasteiger partial charge is 0.319 e. The lowest BCUT2D eigenvalue weighted by Crippen LogP contribution is -2.34. The highest BCUT2D eigenvalue weighted by Crippen LogP contribution is 2.16. The standard InChI is InChI=1S/C12H18N4O/c1-7(2)15-12(17)16-10-6-9(11(13)14)5-4-8(10)3/h4-7H,1-3H3,(H3,13,14)(H2,15,16,17). The summed E-state index contributed by atoms with van der Waals surface area (Å²) in [6.07, 6.45) is 0. The van der Waals surface area contributed by atoms with Gasteiger partial charge in [-0.1, -0.05) is 12.1 Å². The van der Waals surface area contributed by atoms with Crippen LogP contribution in [0, 0.1) is 12.3 Å². The Bertz CT molecular complexity index is 440. The predicted octanol–water partition coefficient (Wildman–Crippen LogP) is 1.81. The summed E-state index contributed by atoms with van der Waals surface area (Å²) < 4.78 is 0. The molecule has 0 saturated carbocycles. The molecule has 0 saturated heterocycles. The highest BCUT2D eigenvalue weighted by atomic mass is 16.2. The molecule has 0 aliphatic carbocycles. The van der Waals surface area contributed by atoms with Crippen molar-refractivity contribution in [1.29, 1.82) is 5.41 Å². The molecule has 5 heteroatoms. The van der Waals surface area contributed by atoms with Crippen molar-refractivity contribution in [2.45, 2.75) is 26.8 Å². The molecular weight excluding hydrogens is 216 g/mol. The monoisotopic (exact) mass is 234 g/mol. The third-order valence-electron chi connectivity index (χ3n) is 2.22. The number of carbonyl (C=O) groups is 1. The molecule has 0 bridgehead atoms. The number of hydrogen-bond donors (Lipinski definition) is 4. The van der Waals surface area contributed by atoms with E-state index in [2.05, 4.69) is 10.6 Å². The van der Waals surface area contributed by atoms with Crippen LogP contribution in [0.25, 0.3) is 0 Å². The summed E-state index contributed by atoms with van der Waals surface area (Å²) in [5, 5.41) is 12.8. The minimum Gasteiger partial charge on any atom is -0.384 e. The van der Waals surface area contributed by atoms with Crippen molar-refractivity contribution in [1.82, 2.24) is 5.32 Å². The van der Waals surface area contributed by atoms with Gasteiger partial charge in [-0.3, -0.25) is 5.41 Å². The van der Waals surface area contributed by atoms with Crippen molar-refractivity contribution >= 4 is 17.6 Å². The molecule has 0 aromatic heterocycles. The molecular formula is C12H18N4O. The van der Waals surface area contributed by atoms with Crippen LogP contribution in [-0.4, -0.2) is 17.9 Å². The van der Waals surface area contributed by atoms with Crippen molar-refractivity contribution < 1.29 is 4.79 Å². The summed E-state index contributed by atoms with van der Waals surface area (Å²) in [5.74, 6) is -0.0164. The molecule has 0 aliphatic heterocycles. The second kappa shape index (κ2) is 5.34. The highest BCUT2D eigenvalue weighted by molar-refractivity contribution is 5.97. The maximum Gasteiger partial charge on any atom is 0.319 e. The Balaban J connectivity index is 2.86. The minimum atomic E-state index is -0.260. The summed E-state index contributed by atoms with van der Waals surface area (Å²) in [4.78, 5) is 11.5. The average molecular weight is 234 g/mol. The van der Waals surface area contributed by atoms with E-state index in [1.54, 1.807) is 12.1 Å². The number of nitrogens with one attached hydrogen (secondary N) is 3. The third kappa shape index (κ3) is 3.79. The molecule has 0 spiro atoms. The molecule has 0 aliphatic rings. The first-order valence-electron chi connectivity index (χ1n) is 5.42. The molecule has 0 heterocycles. The van der Waals surface area contributed by atoms with Crippen molar-refractivity contribution in [3.63, 3.8) is 0 Å². The molecule has 5 N–H and O–H groups in total. The molecule has 0 radical (unpaired) electrons. The number of rotatable bonds is 3. The van der Waals surface area contributed by atoms with E-state index in [0.717, 1.165) is 5.56 Å². The van der Waals surface area contributed by atoms with Crippen LogP contribution in [0.15, 0.2) is 18.2 Å². The van der Waals surface area contributed by atoms with Gasteiger partial charge in [-0.05, 0) is 32.4 Å². The van der Waals surface area contributed by atoms with E-state index in [4.69, 9.17) is 11.1 Å². The van der Waals surface area contributed by atoms with Gasteiger partial charge in [0.1, 0.15) is 5.84 Å². The molecule has 2 amide bonds. The fourth-order valence-corrected chi connectivity index (χ4v) is 1.34. The van der Waals surface area contributed by atoms with Crippen LogP contribution in [0.1, 0.15) is 25.0 Å². The van der Waals surface area contributed by atoms with Crippen LogP contribution in [-0.2, 0) is 0 Å². The zero-order valence-electron chi connectivity index (χ0n) is 10.3. The summed E-state index contributed by atoms with van der Waals surface area (Å²) in [6.45, 7) is 5.66. The quantitative estimate of drug-likeness (QED) is 0.474. The van der Waals surface area contributed by atoms with Gasteiger partial charge < -0.3 is 16.4 Å². The van der Waals surface area contributed by atoms with E-state index in [9.17, 15) is 4.79 Å². The molecule has 0 fully saturated rings. The van der Waals surface area contributed by atoms with E-state index >= 15 is 0 Å². The second-order valence-corrected chi connectivity index (χ2v) is 4.20. The van der Waals surface area contributed by atoms with Crippen molar-refractivity contribution in [2.75, 3.05) is 5.32 Å². The summed E-state index contributed by atoms with van der Waals surface area (Å²) >= 11 is 0. The number of anilines is 1. The van der Waals surface area contributed by atoms with Gasteiger partial charge in [0.15, 0.2) is 0 Å². The van der Waals surface area contributed by atoms with Gasteiger partial charge in [-0.2, -0.15) is 0 Å². The molecule has 0 unspecified atom stereocenters. The Morgan fingerprint density at radius 2 is 2.06 bits per heavy atom. The van der Waals surface area contributed by atoms with Gasteiger partial charge >= 0.3 is 6.03 Å². The summed E-state index contributed by atoms with van der Waals surface area (Å²) in [7, 11) is 0. The third-order valence-corrected chi connectivity index (χ3v) is 2.22. The van der Waals surface area contributed by atoms with E-state index in [1.807, 2.05) is 26.8 Å². The van der Waals surface area contributed by atoms with E-state index in [1.165, 1.54) is 0 Å². The molecule has 17 heavy (non-hydrogen) atoms. The van der Waals surface area contributed by atoms with Gasteiger partial charge in [0, 0.05) is 17.3 Å². The van der Waals surface area contributed by atoms with Gasteiger partial charge in [0.2, 0.25) is 0 Å². The van der Waals surface area contributed by atoms with Crippen LogP contribution in [0.3, 0.4) is 0 Å². The van der Waals surface area contributed by atoms with Crippen molar-refractivity contribution in [3.8, 4) is 0 Å². The van der Waals surface area contributed by atoms with Gasteiger partial charge in [-0.15, -0.1) is 0 Å². The number of nitrogen functional groups attached to an aromatic ring is 1. The maximum atomic E-state index is 11.5. The lowest BCUT2D eigenvalue weighted by Gasteiger charge is -2.12. The Hall–Kier alpha value is -2.04. The van der Waals surface area contributed by atoms with E-state index in [-0.39, 0.29) is 17.9 Å². The lowest BCUT2D eigenvalue weighted by atomic mass is 10.1. The van der Waals surface area contributed by atoms with E-state index < -0.39 is 0 Å². The Kier molecular flexibility index (Phi) is 4.09. The summed E-state index contributed by atoms with van der Waals surface area (Å²) in [5.41, 5.74) is 7.58. The minimum absolute atomic E-state index is 0.0164. The highest BCUT2D eigenvalue weighted by Gasteiger charge is 2.07. The molecule has 0 atom stereocenters. The molecule has 1 aromatic carbocycles. The van der Waals surface area contributed by atoms with Gasteiger partial charge in [0.05, 0.1) is 0 Å². The molecule has 1 rings (SSSR count). The Morgan fingerprint density at radius 3 is 2.59 bits per heavy atom. The normalized spacial score (nSPS) is 10.1. The van der Waals surface area contributed by atoms with Crippen LogP contribution in [0.2, 0.25) is 0 Å². The first kappa shape index (κ1) is 13.0. The van der Waals surface area contributed by atoms with Crippen LogP contribution in [0.5, 0.6) is 0 Å². The topological polar surface area (TPSA) is 91.0 Å². The molecule has 92 valence electrons. The number of urea groups is 1. The Labute approximate surface area is 101 Å². The fourth-order valence-electron chi connectivity index (χ4n) is 1.34. The summed E-state index contributed by atoms with van der Waals surface area (Å²) in [6, 6.07) is 5.08. The van der Waals surface area contributed by atoms with Gasteiger partial charge in [-0.25, -0.2) is 4.79 Å². The predicted molar refractivity (Wildman–Crippen MR) is 69.5 cm³/mol. The van der Waals surface area contributed by atoms with Crippen LogP contribution >= 0.6 is 0 Å². The second-order valence-electron chi connectivity index (χ2n) is 4.20. The van der Waals surface area contributed by atoms with Crippen molar-refractivity contribution in [3.05, 3.63) is 29.3 Å². The first-order valence-corrected chi connectivity index (χ1v) is 5.42. The van der Waals surface area contributed by atoms with Crippen molar-refractivity contribution in [2.24, 2.45) is 5.73 Å². The van der Waals surface area contributed by atoms with E-state index in [0.29, 0.717) is 11.3 Å². The number of carbonyl (C=O) groups excluding carboxylic acids is 1. The zero-order valence-corrected chi connectivity index (χ0v) is 10.3. The number of nitrogens with two attached hydrogens (primary N) is 1. The number of amides is 2. The number of hydrogen-bond acceptors (Lipinski definition) is 2. The maximum absolute atomic E-state index is 11.5. The Morgan fingerprint density at radius 1 is 1.41 bits per heavy atom. The SMILES string of the molecule is Cc1ccc(C(=N)N)cc1NC(=O)NC(C)C. The number of amidine groups is 1. The number of aryl methyl sites for hydroxylation is 1. The van der Waals surface area contributed by atoms with Crippen LogP contribution < -0.4 is 16.4 Å². The largest absolute Gasteiger partial charge is 0.384 e. The zero-order chi connectivity index (χ0) is 13.0. The lowest BCUT2D eigenvalue weighted by molar-refractivity contribution is 0.250. The van der Waals surface area contributed by atoms with Crippen LogP contribution in [0.4, 0.5) is 10.5 Å².